The van der Waals surface area contributed by atoms with Crippen molar-refractivity contribution in [3.8, 4) is 0 Å². The van der Waals surface area contributed by atoms with Gasteiger partial charge in [-0.2, -0.15) is 0 Å². The summed E-state index contributed by atoms with van der Waals surface area (Å²) in [5.41, 5.74) is 3.32. The highest BCUT2D eigenvalue weighted by Crippen LogP contribution is 2.27. The van der Waals surface area contributed by atoms with E-state index >= 15 is 0 Å². The minimum Gasteiger partial charge on any atom is -0.462 e. The molecule has 1 saturated heterocycles. The Morgan fingerprint density at radius 2 is 1.66 bits per heavy atom. The molecule has 1 N–H and O–H groups in total. The van der Waals surface area contributed by atoms with Crippen LogP contribution in [0.3, 0.4) is 0 Å². The van der Waals surface area contributed by atoms with E-state index in [0.717, 1.165) is 9.91 Å². The molecule has 2 heterocycles. The van der Waals surface area contributed by atoms with E-state index in [1.807, 2.05) is 13.8 Å². The molecule has 1 fully saturated rings. The van der Waals surface area contributed by atoms with E-state index < -0.39 is 35.6 Å². The molecule has 10 nitrogen and oxygen atoms in total. The van der Waals surface area contributed by atoms with E-state index in [1.54, 1.807) is 6.92 Å². The number of amides is 4. The van der Waals surface area contributed by atoms with E-state index in [4.69, 9.17) is 4.74 Å². The standard InChI is InChI=1S/C25H28N4O6/c1-4-16(5-2)22(31)27-29(23(32)17-11-13-26-14-12-17)20-15-21(30)28(24(20)33)19-9-7-18(8-10-19)25(34)35-6-3/h7-14,16,20H,4-6,15H2,1-3H3,(H,27,31). The summed E-state index contributed by atoms with van der Waals surface area (Å²) in [4.78, 5) is 69.1. The van der Waals surface area contributed by atoms with E-state index in [0.29, 0.717) is 12.8 Å². The molecular formula is C25H28N4O6. The minimum atomic E-state index is -1.23. The van der Waals surface area contributed by atoms with Crippen LogP contribution in [0.25, 0.3) is 0 Å². The summed E-state index contributed by atoms with van der Waals surface area (Å²) in [5.74, 6) is -3.11. The number of carbonyl (C=O) groups is 5. The van der Waals surface area contributed by atoms with Gasteiger partial charge < -0.3 is 4.74 Å². The van der Waals surface area contributed by atoms with Crippen molar-refractivity contribution in [3.05, 3.63) is 59.9 Å². The highest BCUT2D eigenvalue weighted by atomic mass is 16.5. The molecule has 1 aromatic heterocycles. The molecule has 1 aliphatic heterocycles. The number of carbonyl (C=O) groups excluding carboxylic acids is 5. The Morgan fingerprint density at radius 3 is 2.23 bits per heavy atom. The lowest BCUT2D eigenvalue weighted by Crippen LogP contribution is -2.55. The van der Waals surface area contributed by atoms with Crippen LogP contribution in [0.5, 0.6) is 0 Å². The van der Waals surface area contributed by atoms with Crippen molar-refractivity contribution in [2.24, 2.45) is 5.92 Å². The zero-order chi connectivity index (χ0) is 25.5. The van der Waals surface area contributed by atoms with Gasteiger partial charge in [-0.3, -0.25) is 29.6 Å². The molecule has 3 rings (SSSR count). The van der Waals surface area contributed by atoms with Crippen molar-refractivity contribution < 1.29 is 28.7 Å². The summed E-state index contributed by atoms with van der Waals surface area (Å²) in [6, 6.07) is 7.53. The quantitative estimate of drug-likeness (QED) is 0.349. The minimum absolute atomic E-state index is 0.210. The molecule has 35 heavy (non-hydrogen) atoms. The smallest absolute Gasteiger partial charge is 0.338 e. The van der Waals surface area contributed by atoms with Gasteiger partial charge in [-0.25, -0.2) is 14.7 Å². The zero-order valence-electron chi connectivity index (χ0n) is 19.9. The second-order valence-electron chi connectivity index (χ2n) is 7.96. The second kappa shape index (κ2) is 11.4. The van der Waals surface area contributed by atoms with E-state index in [2.05, 4.69) is 10.4 Å². The Morgan fingerprint density at radius 1 is 1.03 bits per heavy atom. The number of anilines is 1. The second-order valence-corrected chi connectivity index (χ2v) is 7.96. The number of nitrogens with zero attached hydrogens (tertiary/aromatic N) is 3. The predicted molar refractivity (Wildman–Crippen MR) is 126 cm³/mol. The highest BCUT2D eigenvalue weighted by molar-refractivity contribution is 6.23. The van der Waals surface area contributed by atoms with E-state index in [-0.39, 0.29) is 35.8 Å². The maximum atomic E-state index is 13.4. The fourth-order valence-electron chi connectivity index (χ4n) is 3.82. The van der Waals surface area contributed by atoms with Crippen LogP contribution in [0.4, 0.5) is 5.69 Å². The largest absolute Gasteiger partial charge is 0.462 e. The molecule has 1 atom stereocenters. The van der Waals surface area contributed by atoms with Crippen LogP contribution in [0.1, 0.15) is 60.7 Å². The summed E-state index contributed by atoms with van der Waals surface area (Å²) in [6.07, 6.45) is 3.64. The number of ether oxygens (including phenoxy) is 1. The van der Waals surface area contributed by atoms with Gasteiger partial charge in [0.1, 0.15) is 6.04 Å². The molecular weight excluding hydrogens is 452 g/mol. The first-order valence-electron chi connectivity index (χ1n) is 11.5. The van der Waals surface area contributed by atoms with Crippen molar-refractivity contribution in [3.63, 3.8) is 0 Å². The molecule has 0 spiro atoms. The Labute approximate surface area is 203 Å². The van der Waals surface area contributed by atoms with Crippen LogP contribution in [-0.4, -0.2) is 52.2 Å². The third kappa shape index (κ3) is 5.53. The summed E-state index contributed by atoms with van der Waals surface area (Å²) < 4.78 is 4.95. The van der Waals surface area contributed by atoms with Gasteiger partial charge in [-0.1, -0.05) is 13.8 Å². The Balaban J connectivity index is 1.90. The predicted octanol–water partition coefficient (Wildman–Crippen LogP) is 2.50. The number of aromatic nitrogens is 1. The Hall–Kier alpha value is -4.08. The number of pyridine rings is 1. The van der Waals surface area contributed by atoms with Crippen LogP contribution >= 0.6 is 0 Å². The van der Waals surface area contributed by atoms with Crippen LogP contribution in [0, 0.1) is 5.92 Å². The highest BCUT2D eigenvalue weighted by Gasteiger charge is 2.45. The molecule has 0 aliphatic carbocycles. The number of nitrogens with one attached hydrogen (secondary N) is 1. The molecule has 1 aromatic carbocycles. The van der Waals surface area contributed by atoms with Crippen molar-refractivity contribution >= 4 is 35.3 Å². The summed E-state index contributed by atoms with van der Waals surface area (Å²) in [7, 11) is 0. The van der Waals surface area contributed by atoms with Gasteiger partial charge in [0.15, 0.2) is 0 Å². The van der Waals surface area contributed by atoms with Crippen molar-refractivity contribution in [2.45, 2.75) is 46.1 Å². The van der Waals surface area contributed by atoms with Crippen LogP contribution in [-0.2, 0) is 19.1 Å². The third-order valence-electron chi connectivity index (χ3n) is 5.80. The van der Waals surface area contributed by atoms with Crippen molar-refractivity contribution in [2.75, 3.05) is 11.5 Å². The van der Waals surface area contributed by atoms with Gasteiger partial charge >= 0.3 is 5.97 Å². The maximum Gasteiger partial charge on any atom is 0.338 e. The Bertz CT molecular complexity index is 1100. The first-order chi connectivity index (χ1) is 16.8. The first kappa shape index (κ1) is 25.5. The van der Waals surface area contributed by atoms with Crippen LogP contribution in [0.15, 0.2) is 48.8 Å². The number of imide groups is 1. The molecule has 10 heteroatoms. The average Bonchev–Trinajstić information content (AvgIpc) is 3.17. The normalized spacial score (nSPS) is 15.3. The lowest BCUT2D eigenvalue weighted by atomic mass is 10.0. The molecule has 0 saturated carbocycles. The number of benzene rings is 1. The molecule has 1 aliphatic rings. The third-order valence-corrected chi connectivity index (χ3v) is 5.80. The Kier molecular flexibility index (Phi) is 8.30. The number of hydrogen-bond donors (Lipinski definition) is 1. The number of rotatable bonds is 8. The average molecular weight is 481 g/mol. The summed E-state index contributed by atoms with van der Waals surface area (Å²) >= 11 is 0. The van der Waals surface area contributed by atoms with Crippen molar-refractivity contribution in [1.29, 1.82) is 0 Å². The molecule has 1 unspecified atom stereocenters. The van der Waals surface area contributed by atoms with Gasteiger partial charge in [0.2, 0.25) is 11.8 Å². The topological polar surface area (TPSA) is 126 Å². The van der Waals surface area contributed by atoms with Gasteiger partial charge in [0.05, 0.1) is 24.3 Å². The summed E-state index contributed by atoms with van der Waals surface area (Å²) in [6.45, 7) is 5.62. The van der Waals surface area contributed by atoms with E-state index in [1.165, 1.54) is 48.8 Å². The SMILES string of the molecule is CCOC(=O)c1ccc(N2C(=O)CC(N(NC(=O)C(CC)CC)C(=O)c3ccncc3)C2=O)cc1. The van der Waals surface area contributed by atoms with Gasteiger partial charge in [-0.05, 0) is 56.2 Å². The lowest BCUT2D eigenvalue weighted by molar-refractivity contribution is -0.132. The molecule has 2 aromatic rings. The number of hydrogen-bond acceptors (Lipinski definition) is 7. The maximum absolute atomic E-state index is 13.4. The number of esters is 1. The first-order valence-corrected chi connectivity index (χ1v) is 11.5. The number of hydrazine groups is 1. The van der Waals surface area contributed by atoms with Crippen LogP contribution < -0.4 is 10.3 Å². The molecule has 0 bridgehead atoms. The molecule has 4 amide bonds. The molecule has 184 valence electrons. The fraction of sp³-hybridized carbons (Fsp3) is 0.360. The van der Waals surface area contributed by atoms with Gasteiger partial charge in [-0.15, -0.1) is 0 Å². The lowest BCUT2D eigenvalue weighted by Gasteiger charge is -2.29. The van der Waals surface area contributed by atoms with Crippen molar-refractivity contribution in [1.82, 2.24) is 15.4 Å². The monoisotopic (exact) mass is 480 g/mol. The van der Waals surface area contributed by atoms with E-state index in [9.17, 15) is 24.0 Å². The molecule has 0 radical (unpaired) electrons. The fourth-order valence-corrected chi connectivity index (χ4v) is 3.82. The summed E-state index contributed by atoms with van der Waals surface area (Å²) in [5, 5.41) is 0.948. The van der Waals surface area contributed by atoms with Gasteiger partial charge in [0.25, 0.3) is 11.8 Å². The zero-order valence-corrected chi connectivity index (χ0v) is 19.9. The van der Waals surface area contributed by atoms with Gasteiger partial charge in [0, 0.05) is 23.9 Å². The van der Waals surface area contributed by atoms with Crippen LogP contribution in [0.2, 0.25) is 0 Å².